The van der Waals surface area contributed by atoms with E-state index in [9.17, 15) is 9.18 Å². The highest BCUT2D eigenvalue weighted by molar-refractivity contribution is 5.94. The molecule has 0 bridgehead atoms. The van der Waals surface area contributed by atoms with E-state index in [1.54, 1.807) is 6.07 Å². The second-order valence-electron chi connectivity index (χ2n) is 6.93. The first-order valence-electron chi connectivity index (χ1n) is 8.63. The number of hydrogen-bond donors (Lipinski definition) is 0. The summed E-state index contributed by atoms with van der Waals surface area (Å²) in [6.45, 7) is 3.70. The van der Waals surface area contributed by atoms with Gasteiger partial charge in [0.15, 0.2) is 11.6 Å². The average molecular weight is 334 g/mol. The summed E-state index contributed by atoms with van der Waals surface area (Å²) in [6, 6.07) is 5.16. The smallest absolute Gasteiger partial charge is 0.254 e. The Bertz CT molecular complexity index is 635. The molecule has 0 aromatic heterocycles. The molecule has 3 fully saturated rings. The Morgan fingerprint density at radius 3 is 2.83 bits per heavy atom. The molecular formula is C18H23FN2O3. The second-order valence-corrected chi connectivity index (χ2v) is 6.93. The van der Waals surface area contributed by atoms with Crippen LogP contribution in [0.5, 0.6) is 5.75 Å². The third-order valence-corrected chi connectivity index (χ3v) is 5.41. The highest BCUT2D eigenvalue weighted by Crippen LogP contribution is 2.38. The van der Waals surface area contributed by atoms with Crippen LogP contribution >= 0.6 is 0 Å². The summed E-state index contributed by atoms with van der Waals surface area (Å²) >= 11 is 0. The summed E-state index contributed by atoms with van der Waals surface area (Å²) in [5.41, 5.74) is 0.372. The number of carbonyl (C=O) groups is 1. The van der Waals surface area contributed by atoms with Crippen LogP contribution in [0.3, 0.4) is 0 Å². The maximum Gasteiger partial charge on any atom is 0.254 e. The molecule has 0 spiro atoms. The summed E-state index contributed by atoms with van der Waals surface area (Å²) < 4.78 is 24.6. The maximum atomic E-state index is 13.9. The molecular weight excluding hydrogens is 311 g/mol. The molecule has 1 aromatic carbocycles. The van der Waals surface area contributed by atoms with Crippen LogP contribution in [0.4, 0.5) is 4.39 Å². The molecule has 1 aliphatic carbocycles. The predicted molar refractivity (Wildman–Crippen MR) is 86.7 cm³/mol. The lowest BCUT2D eigenvalue weighted by Crippen LogP contribution is -2.63. The van der Waals surface area contributed by atoms with Crippen molar-refractivity contribution in [2.45, 2.75) is 24.9 Å². The Labute approximate surface area is 141 Å². The van der Waals surface area contributed by atoms with Gasteiger partial charge in [-0.2, -0.15) is 0 Å². The lowest BCUT2D eigenvalue weighted by molar-refractivity contribution is -0.0816. The monoisotopic (exact) mass is 334 g/mol. The molecule has 0 N–H and O–H groups in total. The van der Waals surface area contributed by atoms with E-state index >= 15 is 0 Å². The van der Waals surface area contributed by atoms with E-state index in [-0.39, 0.29) is 17.7 Å². The number of nitrogens with zero attached hydrogens (tertiary/aromatic N) is 2. The molecule has 1 saturated carbocycles. The summed E-state index contributed by atoms with van der Waals surface area (Å²) in [5, 5.41) is 0. The summed E-state index contributed by atoms with van der Waals surface area (Å²) in [5.74, 6) is 0.302. The molecule has 6 heteroatoms. The van der Waals surface area contributed by atoms with Crippen LogP contribution in [-0.4, -0.2) is 67.7 Å². The van der Waals surface area contributed by atoms with Crippen LogP contribution in [0, 0.1) is 11.7 Å². The van der Waals surface area contributed by atoms with Gasteiger partial charge in [0.2, 0.25) is 0 Å². The van der Waals surface area contributed by atoms with E-state index in [1.165, 1.54) is 32.1 Å². The fourth-order valence-corrected chi connectivity index (χ4v) is 3.93. The Kier molecular flexibility index (Phi) is 4.18. The zero-order chi connectivity index (χ0) is 16.7. The number of methoxy groups -OCH3 is 1. The number of rotatable bonds is 3. The molecule has 1 aromatic rings. The Balaban J connectivity index is 1.46. The third-order valence-electron chi connectivity index (χ3n) is 5.41. The van der Waals surface area contributed by atoms with Gasteiger partial charge in [-0.3, -0.25) is 9.69 Å². The molecule has 3 aliphatic rings. The van der Waals surface area contributed by atoms with Gasteiger partial charge < -0.3 is 14.4 Å². The van der Waals surface area contributed by atoms with Gasteiger partial charge in [0.1, 0.15) is 0 Å². The molecule has 24 heavy (non-hydrogen) atoms. The molecule has 0 radical (unpaired) electrons. The Morgan fingerprint density at radius 2 is 2.12 bits per heavy atom. The molecule has 2 aliphatic heterocycles. The predicted octanol–water partition coefficient (Wildman–Crippen LogP) is 1.77. The standard InChI is InChI=1S/C18H23FN2O3/c1-23-17-5-4-13(8-15(17)19)18(22)20-6-7-21-14(9-20)10-24-11-16(21)12-2-3-12/h4-5,8,12,14,16H,2-3,6-7,9-11H2,1H3/t14-,16-/m1/s1. The average Bonchev–Trinajstić information content (AvgIpc) is 3.45. The van der Waals surface area contributed by atoms with Crippen molar-refractivity contribution in [1.82, 2.24) is 9.80 Å². The summed E-state index contributed by atoms with van der Waals surface area (Å²) in [7, 11) is 1.42. The van der Waals surface area contributed by atoms with E-state index in [0.29, 0.717) is 31.3 Å². The first kappa shape index (κ1) is 15.8. The second kappa shape index (κ2) is 6.33. The van der Waals surface area contributed by atoms with Crippen molar-refractivity contribution in [3.63, 3.8) is 0 Å². The molecule has 4 rings (SSSR count). The quantitative estimate of drug-likeness (QED) is 0.845. The minimum Gasteiger partial charge on any atom is -0.494 e. The van der Waals surface area contributed by atoms with Crippen LogP contribution in [0.2, 0.25) is 0 Å². The number of fused-ring (bicyclic) bond motifs is 1. The largest absolute Gasteiger partial charge is 0.494 e. The topological polar surface area (TPSA) is 42.0 Å². The van der Waals surface area contributed by atoms with Crippen molar-refractivity contribution >= 4 is 5.91 Å². The summed E-state index contributed by atoms with van der Waals surface area (Å²) in [6.07, 6.45) is 2.59. The van der Waals surface area contributed by atoms with Crippen molar-refractivity contribution in [2.24, 2.45) is 5.92 Å². The number of ether oxygens (including phenoxy) is 2. The highest BCUT2D eigenvalue weighted by atomic mass is 19.1. The number of amides is 1. The fourth-order valence-electron chi connectivity index (χ4n) is 3.93. The molecule has 2 saturated heterocycles. The maximum absolute atomic E-state index is 13.9. The number of hydrogen-bond acceptors (Lipinski definition) is 4. The van der Waals surface area contributed by atoms with Gasteiger partial charge in [0, 0.05) is 31.2 Å². The van der Waals surface area contributed by atoms with Crippen molar-refractivity contribution < 1.29 is 18.7 Å². The molecule has 2 heterocycles. The van der Waals surface area contributed by atoms with E-state index in [2.05, 4.69) is 4.90 Å². The molecule has 0 unspecified atom stereocenters. The molecule has 130 valence electrons. The van der Waals surface area contributed by atoms with Crippen LogP contribution in [-0.2, 0) is 4.74 Å². The van der Waals surface area contributed by atoms with Gasteiger partial charge in [0.25, 0.3) is 5.91 Å². The van der Waals surface area contributed by atoms with Crippen LogP contribution in [0.25, 0.3) is 0 Å². The van der Waals surface area contributed by atoms with E-state index in [1.807, 2.05) is 4.90 Å². The highest BCUT2D eigenvalue weighted by Gasteiger charge is 2.43. The minimum absolute atomic E-state index is 0.121. The minimum atomic E-state index is -0.503. The van der Waals surface area contributed by atoms with E-state index in [0.717, 1.165) is 19.1 Å². The lowest BCUT2D eigenvalue weighted by atomic mass is 10.0. The Hall–Kier alpha value is -1.66. The van der Waals surface area contributed by atoms with Gasteiger partial charge in [-0.1, -0.05) is 0 Å². The van der Waals surface area contributed by atoms with Gasteiger partial charge in [-0.25, -0.2) is 4.39 Å². The summed E-state index contributed by atoms with van der Waals surface area (Å²) in [4.78, 5) is 17.1. The van der Waals surface area contributed by atoms with Crippen LogP contribution in [0.15, 0.2) is 18.2 Å². The zero-order valence-corrected chi connectivity index (χ0v) is 13.9. The van der Waals surface area contributed by atoms with Crippen molar-refractivity contribution in [2.75, 3.05) is 40.0 Å². The van der Waals surface area contributed by atoms with Crippen molar-refractivity contribution in [1.29, 1.82) is 0 Å². The molecule has 5 nitrogen and oxygen atoms in total. The van der Waals surface area contributed by atoms with E-state index < -0.39 is 5.82 Å². The normalized spacial score (nSPS) is 27.7. The van der Waals surface area contributed by atoms with Gasteiger partial charge in [-0.05, 0) is 37.0 Å². The number of benzene rings is 1. The first-order valence-corrected chi connectivity index (χ1v) is 8.63. The lowest BCUT2D eigenvalue weighted by Gasteiger charge is -2.48. The van der Waals surface area contributed by atoms with Gasteiger partial charge >= 0.3 is 0 Å². The van der Waals surface area contributed by atoms with Crippen LogP contribution < -0.4 is 4.74 Å². The SMILES string of the molecule is COc1ccc(C(=O)N2CCN3[C@@H](COC[C@@H]3C3CC3)C2)cc1F. The van der Waals surface area contributed by atoms with Gasteiger partial charge in [-0.15, -0.1) is 0 Å². The number of carbonyl (C=O) groups excluding carboxylic acids is 1. The number of halogens is 1. The van der Waals surface area contributed by atoms with Crippen molar-refractivity contribution in [3.05, 3.63) is 29.6 Å². The molecule has 2 atom stereocenters. The third kappa shape index (κ3) is 2.89. The van der Waals surface area contributed by atoms with Crippen molar-refractivity contribution in [3.8, 4) is 5.75 Å². The Morgan fingerprint density at radius 1 is 1.29 bits per heavy atom. The first-order chi connectivity index (χ1) is 11.7. The van der Waals surface area contributed by atoms with Gasteiger partial charge in [0.05, 0.1) is 26.4 Å². The fraction of sp³-hybridized carbons (Fsp3) is 0.611. The zero-order valence-electron chi connectivity index (χ0n) is 13.9. The molecule has 1 amide bonds. The van der Waals surface area contributed by atoms with Crippen LogP contribution in [0.1, 0.15) is 23.2 Å². The number of morpholine rings is 1. The number of piperazine rings is 1. The van der Waals surface area contributed by atoms with E-state index in [4.69, 9.17) is 9.47 Å².